The molecule has 6 heteroatoms. The van der Waals surface area contributed by atoms with Crippen LogP contribution in [0.1, 0.15) is 200 Å². The van der Waals surface area contributed by atoms with Gasteiger partial charge in [-0.1, -0.05) is 178 Å². The SMILES string of the molecule is CCCCCCCCCCCCCCCCCCCCCC(=O)O[C@@H](CO)COC(=O)CCC/C=C\C/C=C\C/C=C\C/C=C\CC[C@@H](O)CC. The Labute approximate surface area is 314 Å². The van der Waals surface area contributed by atoms with Crippen LogP contribution in [0.3, 0.4) is 0 Å². The van der Waals surface area contributed by atoms with E-state index >= 15 is 0 Å². The fourth-order valence-corrected chi connectivity index (χ4v) is 5.88. The summed E-state index contributed by atoms with van der Waals surface area (Å²) in [6.07, 6.45) is 48.4. The molecule has 0 bridgehead atoms. The molecule has 6 nitrogen and oxygen atoms in total. The van der Waals surface area contributed by atoms with Crippen molar-refractivity contribution in [3.63, 3.8) is 0 Å². The van der Waals surface area contributed by atoms with E-state index in [-0.39, 0.29) is 31.3 Å². The fraction of sp³-hybridized carbons (Fsp3) is 0.778. The van der Waals surface area contributed by atoms with Crippen LogP contribution in [0, 0.1) is 0 Å². The van der Waals surface area contributed by atoms with Crippen LogP contribution < -0.4 is 0 Å². The predicted molar refractivity (Wildman–Crippen MR) is 216 cm³/mol. The zero-order valence-electron chi connectivity index (χ0n) is 33.2. The van der Waals surface area contributed by atoms with Crippen molar-refractivity contribution in [2.24, 2.45) is 0 Å². The molecule has 0 aromatic rings. The van der Waals surface area contributed by atoms with Crippen LogP contribution >= 0.6 is 0 Å². The molecule has 0 radical (unpaired) electrons. The highest BCUT2D eigenvalue weighted by Crippen LogP contribution is 2.15. The Morgan fingerprint density at radius 3 is 1.39 bits per heavy atom. The molecule has 0 spiro atoms. The third-order valence-corrected chi connectivity index (χ3v) is 9.29. The summed E-state index contributed by atoms with van der Waals surface area (Å²) >= 11 is 0. The largest absolute Gasteiger partial charge is 0.462 e. The van der Waals surface area contributed by atoms with Gasteiger partial charge in [-0.3, -0.25) is 9.59 Å². The number of carbonyl (C=O) groups is 2. The molecule has 0 aromatic heterocycles. The summed E-state index contributed by atoms with van der Waals surface area (Å²) in [4.78, 5) is 24.3. The van der Waals surface area contributed by atoms with Gasteiger partial charge >= 0.3 is 11.9 Å². The van der Waals surface area contributed by atoms with E-state index in [2.05, 4.69) is 55.5 Å². The third kappa shape index (κ3) is 38.9. The maximum absolute atomic E-state index is 12.2. The van der Waals surface area contributed by atoms with Gasteiger partial charge in [0.1, 0.15) is 6.61 Å². The average molecular weight is 717 g/mol. The van der Waals surface area contributed by atoms with Crippen LogP contribution in [0.5, 0.6) is 0 Å². The van der Waals surface area contributed by atoms with E-state index in [0.717, 1.165) is 64.2 Å². The van der Waals surface area contributed by atoms with Crippen LogP contribution in [-0.4, -0.2) is 47.6 Å². The Kier molecular flexibility index (Phi) is 38.9. The highest BCUT2D eigenvalue weighted by Gasteiger charge is 2.16. The van der Waals surface area contributed by atoms with Gasteiger partial charge in [-0.15, -0.1) is 0 Å². The summed E-state index contributed by atoms with van der Waals surface area (Å²) in [5.41, 5.74) is 0. The second-order valence-electron chi connectivity index (χ2n) is 14.2. The Balaban J connectivity index is 3.62. The number of hydrogen-bond donors (Lipinski definition) is 2. The highest BCUT2D eigenvalue weighted by molar-refractivity contribution is 5.70. The molecular weight excluding hydrogens is 636 g/mol. The first kappa shape index (κ1) is 48.8. The lowest BCUT2D eigenvalue weighted by molar-refractivity contribution is -0.161. The Morgan fingerprint density at radius 1 is 0.529 bits per heavy atom. The van der Waals surface area contributed by atoms with Crippen molar-refractivity contribution in [1.29, 1.82) is 0 Å². The molecule has 0 aliphatic rings. The standard InChI is InChI=1S/C45H80O6/c1-3-5-6-7-8-9-10-11-12-13-14-15-16-21-24-27-30-33-36-39-45(49)51-43(40-46)41-50-44(48)38-35-32-29-26-23-20-18-17-19-22-25-28-31-34-37-42(47)4-2/h18-20,22,26,28-29,31,42-43,46-47H,3-17,21,23-25,27,30,32-41H2,1-2H3/b20-18-,22-19-,29-26-,31-28-/t42-,43-/m0/s1. The van der Waals surface area contributed by atoms with E-state index in [1.54, 1.807) is 0 Å². The van der Waals surface area contributed by atoms with Crippen molar-refractivity contribution in [1.82, 2.24) is 0 Å². The number of carbonyl (C=O) groups excluding carboxylic acids is 2. The lowest BCUT2D eigenvalue weighted by atomic mass is 10.0. The minimum Gasteiger partial charge on any atom is -0.462 e. The van der Waals surface area contributed by atoms with Gasteiger partial charge in [0.15, 0.2) is 6.10 Å². The van der Waals surface area contributed by atoms with Crippen LogP contribution in [0.4, 0.5) is 0 Å². The van der Waals surface area contributed by atoms with Crippen LogP contribution in [0.15, 0.2) is 48.6 Å². The topological polar surface area (TPSA) is 93.1 Å². The predicted octanol–water partition coefficient (Wildman–Crippen LogP) is 12.4. The summed E-state index contributed by atoms with van der Waals surface area (Å²) in [5.74, 6) is -0.670. The van der Waals surface area contributed by atoms with Crippen LogP contribution in [-0.2, 0) is 19.1 Å². The lowest BCUT2D eigenvalue weighted by Gasteiger charge is -2.15. The Bertz CT molecular complexity index is 876. The number of ether oxygens (including phenoxy) is 2. The molecular formula is C45H80O6. The second-order valence-corrected chi connectivity index (χ2v) is 14.2. The minimum absolute atomic E-state index is 0.102. The van der Waals surface area contributed by atoms with Crippen molar-refractivity contribution in [3.05, 3.63) is 48.6 Å². The first-order valence-corrected chi connectivity index (χ1v) is 21.3. The first-order chi connectivity index (χ1) is 25.0. The molecule has 2 atom stereocenters. The van der Waals surface area contributed by atoms with Gasteiger partial charge in [0, 0.05) is 12.8 Å². The van der Waals surface area contributed by atoms with Crippen molar-refractivity contribution in [3.8, 4) is 0 Å². The molecule has 0 aliphatic carbocycles. The summed E-state index contributed by atoms with van der Waals surface area (Å²) < 4.78 is 10.6. The smallest absolute Gasteiger partial charge is 0.306 e. The second kappa shape index (κ2) is 40.6. The van der Waals surface area contributed by atoms with E-state index in [0.29, 0.717) is 19.3 Å². The molecule has 0 amide bonds. The van der Waals surface area contributed by atoms with Crippen molar-refractivity contribution >= 4 is 11.9 Å². The fourth-order valence-electron chi connectivity index (χ4n) is 5.88. The summed E-state index contributed by atoms with van der Waals surface area (Å²) in [5, 5.41) is 19.1. The Hall–Kier alpha value is -2.18. The van der Waals surface area contributed by atoms with E-state index in [9.17, 15) is 19.8 Å². The van der Waals surface area contributed by atoms with Crippen molar-refractivity contribution in [2.45, 2.75) is 212 Å². The molecule has 0 unspecified atom stereocenters. The molecule has 0 aliphatic heterocycles. The zero-order chi connectivity index (χ0) is 37.3. The van der Waals surface area contributed by atoms with E-state index < -0.39 is 6.10 Å². The van der Waals surface area contributed by atoms with E-state index in [4.69, 9.17) is 9.47 Å². The number of hydrogen-bond acceptors (Lipinski definition) is 6. The van der Waals surface area contributed by atoms with Gasteiger partial charge < -0.3 is 19.7 Å². The van der Waals surface area contributed by atoms with Gasteiger partial charge in [0.05, 0.1) is 12.7 Å². The van der Waals surface area contributed by atoms with Gasteiger partial charge in [0.25, 0.3) is 0 Å². The molecule has 0 rings (SSSR count). The maximum Gasteiger partial charge on any atom is 0.306 e. The summed E-state index contributed by atoms with van der Waals surface area (Å²) in [6.45, 7) is 3.82. The molecule has 0 saturated heterocycles. The van der Waals surface area contributed by atoms with Crippen LogP contribution in [0.2, 0.25) is 0 Å². The van der Waals surface area contributed by atoms with Crippen molar-refractivity contribution in [2.75, 3.05) is 13.2 Å². The molecule has 296 valence electrons. The average Bonchev–Trinajstić information content (AvgIpc) is 3.13. The van der Waals surface area contributed by atoms with E-state index in [1.807, 2.05) is 6.92 Å². The highest BCUT2D eigenvalue weighted by atomic mass is 16.6. The number of rotatable bonds is 38. The van der Waals surface area contributed by atoms with Gasteiger partial charge in [-0.25, -0.2) is 0 Å². The molecule has 0 heterocycles. The number of unbranched alkanes of at least 4 members (excludes halogenated alkanes) is 19. The number of esters is 2. The third-order valence-electron chi connectivity index (χ3n) is 9.29. The number of aliphatic hydroxyl groups excluding tert-OH is 2. The van der Waals surface area contributed by atoms with E-state index in [1.165, 1.54) is 103 Å². The monoisotopic (exact) mass is 717 g/mol. The zero-order valence-corrected chi connectivity index (χ0v) is 33.2. The normalized spacial score (nSPS) is 13.3. The van der Waals surface area contributed by atoms with Gasteiger partial charge in [-0.2, -0.15) is 0 Å². The van der Waals surface area contributed by atoms with Crippen LogP contribution in [0.25, 0.3) is 0 Å². The van der Waals surface area contributed by atoms with Crippen molar-refractivity contribution < 1.29 is 29.3 Å². The quantitative estimate of drug-likeness (QED) is 0.0375. The molecule has 2 N–H and O–H groups in total. The molecule has 0 fully saturated rings. The van der Waals surface area contributed by atoms with Gasteiger partial charge in [-0.05, 0) is 57.8 Å². The number of aliphatic hydroxyl groups is 2. The maximum atomic E-state index is 12.2. The molecule has 0 saturated carbocycles. The summed E-state index contributed by atoms with van der Waals surface area (Å²) in [6, 6.07) is 0. The number of allylic oxidation sites excluding steroid dienone is 8. The minimum atomic E-state index is -0.801. The molecule has 51 heavy (non-hydrogen) atoms. The first-order valence-electron chi connectivity index (χ1n) is 21.3. The summed E-state index contributed by atoms with van der Waals surface area (Å²) in [7, 11) is 0. The van der Waals surface area contributed by atoms with Gasteiger partial charge in [0.2, 0.25) is 0 Å². The molecule has 0 aromatic carbocycles. The lowest BCUT2D eigenvalue weighted by Crippen LogP contribution is -2.28. The Morgan fingerprint density at radius 2 is 0.941 bits per heavy atom.